The molecule has 1 amide bonds. The van der Waals surface area contributed by atoms with Crippen LogP contribution in [-0.4, -0.2) is 61.5 Å². The van der Waals surface area contributed by atoms with Crippen LogP contribution in [0.3, 0.4) is 0 Å². The van der Waals surface area contributed by atoms with Crippen LogP contribution in [0.25, 0.3) is 0 Å². The van der Waals surface area contributed by atoms with Gasteiger partial charge in [0, 0.05) is 38.5 Å². The molecule has 1 N–H and O–H groups in total. The third-order valence-electron chi connectivity index (χ3n) is 4.13. The highest BCUT2D eigenvalue weighted by molar-refractivity contribution is 5.79. The smallest absolute Gasteiger partial charge is 0.225 e. The molecule has 2 saturated heterocycles. The van der Waals surface area contributed by atoms with Crippen molar-refractivity contribution in [3.63, 3.8) is 0 Å². The van der Waals surface area contributed by atoms with Crippen LogP contribution in [0.4, 0.5) is 0 Å². The first-order valence-corrected chi connectivity index (χ1v) is 7.40. The van der Waals surface area contributed by atoms with Crippen molar-refractivity contribution in [1.29, 1.82) is 5.26 Å². The number of nitrogens with one attached hydrogen (secondary N) is 1. The molecule has 0 aromatic rings. The Kier molecular flexibility index (Phi) is 5.62. The zero-order chi connectivity index (χ0) is 13.5. The minimum atomic E-state index is 0.205. The van der Waals surface area contributed by atoms with Gasteiger partial charge in [0.05, 0.1) is 6.07 Å². The summed E-state index contributed by atoms with van der Waals surface area (Å²) in [7, 11) is 0. The van der Waals surface area contributed by atoms with Crippen LogP contribution >= 0.6 is 0 Å². The lowest BCUT2D eigenvalue weighted by Crippen LogP contribution is -2.43. The van der Waals surface area contributed by atoms with E-state index in [-0.39, 0.29) is 5.92 Å². The first-order valence-electron chi connectivity index (χ1n) is 7.40. The minimum absolute atomic E-state index is 0.205. The zero-order valence-corrected chi connectivity index (χ0v) is 11.6. The maximum Gasteiger partial charge on any atom is 0.225 e. The number of hydrogen-bond acceptors (Lipinski definition) is 4. The highest BCUT2D eigenvalue weighted by Crippen LogP contribution is 2.20. The van der Waals surface area contributed by atoms with Crippen LogP contribution in [0.5, 0.6) is 0 Å². The summed E-state index contributed by atoms with van der Waals surface area (Å²) in [6, 6.07) is 2.18. The molecule has 2 aliphatic heterocycles. The third-order valence-corrected chi connectivity index (χ3v) is 4.13. The number of nitrogens with zero attached hydrogens (tertiary/aromatic N) is 3. The fourth-order valence-electron chi connectivity index (χ4n) is 2.94. The Morgan fingerprint density at radius 3 is 2.74 bits per heavy atom. The predicted octanol–water partition coefficient (Wildman–Crippen LogP) is 0.434. The van der Waals surface area contributed by atoms with E-state index in [1.165, 1.54) is 0 Å². The van der Waals surface area contributed by atoms with E-state index in [1.54, 1.807) is 0 Å². The Morgan fingerprint density at radius 2 is 2.00 bits per heavy atom. The van der Waals surface area contributed by atoms with Gasteiger partial charge in [0.15, 0.2) is 0 Å². The second kappa shape index (κ2) is 7.46. The van der Waals surface area contributed by atoms with Crippen LogP contribution in [-0.2, 0) is 4.79 Å². The SMILES string of the molecule is N#CCCN1CCC(C(=O)N2CCCNCC2)CC1. The average molecular weight is 264 g/mol. The van der Waals surface area contributed by atoms with E-state index < -0.39 is 0 Å². The number of amides is 1. The van der Waals surface area contributed by atoms with Crippen molar-refractivity contribution < 1.29 is 4.79 Å². The second-order valence-electron chi connectivity index (χ2n) is 5.45. The Labute approximate surface area is 115 Å². The summed E-state index contributed by atoms with van der Waals surface area (Å²) in [5.41, 5.74) is 0. The van der Waals surface area contributed by atoms with Gasteiger partial charge in [0.25, 0.3) is 0 Å². The molecule has 0 spiro atoms. The average Bonchev–Trinajstić information content (AvgIpc) is 2.74. The molecule has 0 saturated carbocycles. The lowest BCUT2D eigenvalue weighted by Gasteiger charge is -2.33. The van der Waals surface area contributed by atoms with Crippen molar-refractivity contribution in [1.82, 2.24) is 15.1 Å². The third kappa shape index (κ3) is 4.19. The summed E-state index contributed by atoms with van der Waals surface area (Å²) >= 11 is 0. The Balaban J connectivity index is 1.77. The molecule has 5 nitrogen and oxygen atoms in total. The van der Waals surface area contributed by atoms with Gasteiger partial charge in [-0.2, -0.15) is 5.26 Å². The molecule has 19 heavy (non-hydrogen) atoms. The van der Waals surface area contributed by atoms with Crippen molar-refractivity contribution in [2.45, 2.75) is 25.7 Å². The van der Waals surface area contributed by atoms with E-state index in [2.05, 4.69) is 16.3 Å². The molecule has 106 valence electrons. The van der Waals surface area contributed by atoms with E-state index in [0.717, 1.165) is 65.1 Å². The van der Waals surface area contributed by atoms with Gasteiger partial charge in [0.2, 0.25) is 5.91 Å². The minimum Gasteiger partial charge on any atom is -0.341 e. The van der Waals surface area contributed by atoms with Gasteiger partial charge in [0.1, 0.15) is 0 Å². The number of rotatable bonds is 3. The standard InChI is InChI=1S/C14H24N4O/c15-5-1-8-17-10-3-13(4-11-17)14(19)18-9-2-6-16-7-12-18/h13,16H,1-4,6-12H2. The van der Waals surface area contributed by atoms with Crippen molar-refractivity contribution in [2.24, 2.45) is 5.92 Å². The highest BCUT2D eigenvalue weighted by atomic mass is 16.2. The van der Waals surface area contributed by atoms with Gasteiger partial charge < -0.3 is 15.1 Å². The van der Waals surface area contributed by atoms with Crippen molar-refractivity contribution in [3.05, 3.63) is 0 Å². The number of carbonyl (C=O) groups excluding carboxylic acids is 1. The fraction of sp³-hybridized carbons (Fsp3) is 0.857. The van der Waals surface area contributed by atoms with E-state index in [4.69, 9.17) is 5.26 Å². The van der Waals surface area contributed by atoms with Crippen LogP contribution in [0.1, 0.15) is 25.7 Å². The lowest BCUT2D eigenvalue weighted by molar-refractivity contribution is -0.136. The van der Waals surface area contributed by atoms with Crippen molar-refractivity contribution in [2.75, 3.05) is 45.8 Å². The lowest BCUT2D eigenvalue weighted by atomic mass is 9.95. The molecule has 2 fully saturated rings. The molecule has 2 rings (SSSR count). The molecule has 0 atom stereocenters. The summed E-state index contributed by atoms with van der Waals surface area (Å²) in [5.74, 6) is 0.556. The molecule has 5 heteroatoms. The van der Waals surface area contributed by atoms with Crippen molar-refractivity contribution >= 4 is 5.91 Å². The Morgan fingerprint density at radius 1 is 1.21 bits per heavy atom. The topological polar surface area (TPSA) is 59.4 Å². The van der Waals surface area contributed by atoms with Gasteiger partial charge in [-0.1, -0.05) is 0 Å². The summed E-state index contributed by atoms with van der Waals surface area (Å²) in [4.78, 5) is 16.8. The maximum absolute atomic E-state index is 12.5. The molecule has 2 aliphatic rings. The Bertz CT molecular complexity index is 323. The quantitative estimate of drug-likeness (QED) is 0.803. The molecule has 0 radical (unpaired) electrons. The van der Waals surface area contributed by atoms with E-state index in [1.807, 2.05) is 4.90 Å². The summed E-state index contributed by atoms with van der Waals surface area (Å²) in [6.07, 6.45) is 3.56. The largest absolute Gasteiger partial charge is 0.341 e. The monoisotopic (exact) mass is 264 g/mol. The summed E-state index contributed by atoms with van der Waals surface area (Å²) in [6.45, 7) is 6.48. The fourth-order valence-corrected chi connectivity index (χ4v) is 2.94. The van der Waals surface area contributed by atoms with Gasteiger partial charge in [-0.25, -0.2) is 0 Å². The number of carbonyl (C=O) groups is 1. The van der Waals surface area contributed by atoms with Crippen LogP contribution in [0.15, 0.2) is 0 Å². The zero-order valence-electron chi connectivity index (χ0n) is 11.6. The molecule has 0 aromatic heterocycles. The second-order valence-corrected chi connectivity index (χ2v) is 5.45. The van der Waals surface area contributed by atoms with Gasteiger partial charge >= 0.3 is 0 Å². The molecule has 0 bridgehead atoms. The molecular formula is C14H24N4O. The summed E-state index contributed by atoms with van der Waals surface area (Å²) in [5, 5.41) is 11.9. The predicted molar refractivity (Wildman–Crippen MR) is 73.5 cm³/mol. The number of likely N-dealkylation sites (tertiary alicyclic amines) is 1. The van der Waals surface area contributed by atoms with E-state index in [0.29, 0.717) is 12.3 Å². The van der Waals surface area contributed by atoms with Gasteiger partial charge in [-0.05, 0) is 38.9 Å². The van der Waals surface area contributed by atoms with Crippen LogP contribution in [0.2, 0.25) is 0 Å². The molecule has 0 unspecified atom stereocenters. The van der Waals surface area contributed by atoms with E-state index in [9.17, 15) is 4.79 Å². The van der Waals surface area contributed by atoms with Crippen LogP contribution < -0.4 is 5.32 Å². The van der Waals surface area contributed by atoms with Gasteiger partial charge in [-0.3, -0.25) is 4.79 Å². The first-order chi connectivity index (χ1) is 9.31. The maximum atomic E-state index is 12.5. The van der Waals surface area contributed by atoms with Crippen LogP contribution in [0, 0.1) is 17.2 Å². The van der Waals surface area contributed by atoms with Gasteiger partial charge in [-0.15, -0.1) is 0 Å². The number of nitriles is 1. The summed E-state index contributed by atoms with van der Waals surface area (Å²) < 4.78 is 0. The van der Waals surface area contributed by atoms with Crippen molar-refractivity contribution in [3.8, 4) is 6.07 Å². The normalized spacial score (nSPS) is 22.8. The molecule has 0 aromatic carbocycles. The highest BCUT2D eigenvalue weighted by Gasteiger charge is 2.28. The number of hydrogen-bond donors (Lipinski definition) is 1. The van der Waals surface area contributed by atoms with E-state index >= 15 is 0 Å². The Hall–Kier alpha value is -1.12. The molecular weight excluding hydrogens is 240 g/mol. The molecule has 2 heterocycles. The molecule has 0 aliphatic carbocycles. The first kappa shape index (κ1) is 14.3. The number of piperidine rings is 1.